The molecule has 0 bridgehead atoms. The number of hydrogen-bond acceptors (Lipinski definition) is 1. The maximum absolute atomic E-state index is 2.43. The quantitative estimate of drug-likeness (QED) is 0.470. The second-order valence-electron chi connectivity index (χ2n) is 8.27. The van der Waals surface area contributed by atoms with Gasteiger partial charge in [-0.1, -0.05) is 63.2 Å². The van der Waals surface area contributed by atoms with Gasteiger partial charge in [0.15, 0.2) is 0 Å². The number of nitrogens with zero attached hydrogens (tertiary/aromatic N) is 2. The lowest BCUT2D eigenvalue weighted by Crippen LogP contribution is -2.52. The highest BCUT2D eigenvalue weighted by Crippen LogP contribution is 2.37. The van der Waals surface area contributed by atoms with Crippen molar-refractivity contribution in [3.05, 3.63) is 72.4 Å². The van der Waals surface area contributed by atoms with E-state index in [0.29, 0.717) is 6.85 Å². The van der Waals surface area contributed by atoms with E-state index >= 15 is 0 Å². The van der Waals surface area contributed by atoms with Crippen LogP contribution in [0.15, 0.2) is 66.9 Å². The summed E-state index contributed by atoms with van der Waals surface area (Å²) < 4.78 is 2.30. The maximum Gasteiger partial charge on any atom is 0.409 e. The van der Waals surface area contributed by atoms with Crippen LogP contribution in [-0.2, 0) is 7.05 Å². The number of hydrogen-bond donors (Lipinski definition) is 0. The van der Waals surface area contributed by atoms with Gasteiger partial charge in [-0.15, -0.1) is 0 Å². The van der Waals surface area contributed by atoms with Crippen LogP contribution in [0, 0.1) is 5.41 Å². The first-order chi connectivity index (χ1) is 12.4. The predicted molar refractivity (Wildman–Crippen MR) is 113 cm³/mol. The third kappa shape index (κ3) is 2.63. The second kappa shape index (κ2) is 6.01. The molecule has 0 spiro atoms. The molecule has 1 aromatic heterocycles. The van der Waals surface area contributed by atoms with Gasteiger partial charge in [0.05, 0.1) is 13.2 Å². The van der Waals surface area contributed by atoms with E-state index in [0.717, 1.165) is 0 Å². The van der Waals surface area contributed by atoms with Gasteiger partial charge < -0.3 is 0 Å². The van der Waals surface area contributed by atoms with Crippen LogP contribution in [0.1, 0.15) is 26.3 Å². The minimum absolute atomic E-state index is 0.0872. The second-order valence-corrected chi connectivity index (χ2v) is 8.27. The van der Waals surface area contributed by atoms with Crippen LogP contribution < -0.4 is 14.8 Å². The molecule has 0 radical (unpaired) electrons. The van der Waals surface area contributed by atoms with Crippen molar-refractivity contribution in [2.75, 3.05) is 4.81 Å². The molecule has 3 aromatic rings. The zero-order valence-electron chi connectivity index (χ0n) is 16.3. The molecule has 0 saturated carbocycles. The van der Waals surface area contributed by atoms with E-state index in [4.69, 9.17) is 0 Å². The van der Waals surface area contributed by atoms with Gasteiger partial charge >= 0.3 is 6.85 Å². The van der Waals surface area contributed by atoms with Gasteiger partial charge in [0.2, 0.25) is 0 Å². The van der Waals surface area contributed by atoms with Crippen molar-refractivity contribution in [2.24, 2.45) is 12.5 Å². The minimum atomic E-state index is 0.0872. The van der Waals surface area contributed by atoms with Gasteiger partial charge in [-0.25, -0.2) is 4.57 Å². The zero-order valence-corrected chi connectivity index (χ0v) is 16.3. The van der Waals surface area contributed by atoms with Crippen LogP contribution in [0.25, 0.3) is 16.5 Å². The molecular weight excluding hydrogens is 315 g/mol. The summed E-state index contributed by atoms with van der Waals surface area (Å²) >= 11 is 0. The lowest BCUT2D eigenvalue weighted by atomic mass is 9.52. The highest BCUT2D eigenvalue weighted by atomic mass is 15.2. The van der Waals surface area contributed by atoms with Gasteiger partial charge in [0.1, 0.15) is 5.52 Å². The third-order valence-corrected chi connectivity index (χ3v) is 5.51. The molecule has 0 aliphatic carbocycles. The summed E-state index contributed by atoms with van der Waals surface area (Å²) in [5, 5.41) is 1.27. The molecule has 2 heterocycles. The summed E-state index contributed by atoms with van der Waals surface area (Å²) in [6.07, 6.45) is 2.36. The van der Waals surface area contributed by atoms with Gasteiger partial charge in [0.25, 0.3) is 5.82 Å². The van der Waals surface area contributed by atoms with E-state index in [1.165, 1.54) is 33.3 Å². The number of aryl methyl sites for hydroxylation is 1. The van der Waals surface area contributed by atoms with Crippen LogP contribution >= 0.6 is 0 Å². The first kappa shape index (κ1) is 16.9. The molecule has 4 rings (SSSR count). The molecule has 1 aliphatic heterocycles. The number of para-hydroxylation sites is 1. The van der Waals surface area contributed by atoms with Crippen molar-refractivity contribution in [1.29, 1.82) is 0 Å². The van der Waals surface area contributed by atoms with Crippen LogP contribution in [0.2, 0.25) is 6.82 Å². The largest absolute Gasteiger partial charge is 0.409 e. The van der Waals surface area contributed by atoms with Gasteiger partial charge in [0, 0.05) is 17.0 Å². The molecule has 26 heavy (non-hydrogen) atoms. The number of rotatable bonds is 1. The Bertz CT molecular complexity index is 1010. The first-order valence-electron chi connectivity index (χ1n) is 9.35. The predicted octanol–water partition coefficient (Wildman–Crippen LogP) is 4.40. The summed E-state index contributed by atoms with van der Waals surface area (Å²) in [5.41, 5.74) is 5.51. The molecule has 0 saturated heterocycles. The van der Waals surface area contributed by atoms with E-state index < -0.39 is 0 Å². The fourth-order valence-electron chi connectivity index (χ4n) is 4.03. The normalized spacial score (nSPS) is 14.4. The Balaban J connectivity index is 1.94. The fourth-order valence-corrected chi connectivity index (χ4v) is 4.03. The molecule has 0 atom stereocenters. The van der Waals surface area contributed by atoms with E-state index in [1.54, 1.807) is 0 Å². The summed E-state index contributed by atoms with van der Waals surface area (Å²) in [6, 6.07) is 21.9. The third-order valence-electron chi connectivity index (χ3n) is 5.51. The van der Waals surface area contributed by atoms with Gasteiger partial charge in [-0.3, -0.25) is 4.81 Å². The summed E-state index contributed by atoms with van der Waals surface area (Å²) in [6.45, 7) is 9.48. The van der Waals surface area contributed by atoms with Crippen molar-refractivity contribution in [1.82, 2.24) is 0 Å². The summed E-state index contributed by atoms with van der Waals surface area (Å²) in [4.78, 5) is 2.43. The Morgan fingerprint density at radius 2 is 1.58 bits per heavy atom. The van der Waals surface area contributed by atoms with Crippen LogP contribution in [0.5, 0.6) is 0 Å². The molecule has 130 valence electrons. The van der Waals surface area contributed by atoms with Gasteiger partial charge in [-0.2, -0.15) is 0 Å². The number of allylic oxidation sites excluding steroid dienone is 1. The molecule has 2 aromatic carbocycles. The Morgan fingerprint density at radius 1 is 0.885 bits per heavy atom. The Hall–Kier alpha value is -2.55. The van der Waals surface area contributed by atoms with E-state index in [9.17, 15) is 0 Å². The zero-order chi connectivity index (χ0) is 18.5. The van der Waals surface area contributed by atoms with Crippen LogP contribution in [0.3, 0.4) is 0 Å². The monoisotopic (exact) mass is 341 g/mol. The number of benzene rings is 2. The van der Waals surface area contributed by atoms with Crippen molar-refractivity contribution in [3.63, 3.8) is 0 Å². The highest BCUT2D eigenvalue weighted by molar-refractivity contribution is 6.77. The SMILES string of the molecule is CB1c2ccccc2C(C(C)(C)C)=CN1c1ccc2ccccc2[n+]1C. The Morgan fingerprint density at radius 3 is 2.35 bits per heavy atom. The standard InChI is InChI=1S/C23H26BN2/c1-23(2,3)19-16-26(24(4)20-12-8-7-11-18(19)20)22-15-14-17-10-6-9-13-21(17)25(22)5/h6-16H,1-5H3/q+1. The molecule has 3 heteroatoms. The first-order valence-corrected chi connectivity index (χ1v) is 9.35. The summed E-state index contributed by atoms with van der Waals surface area (Å²) in [5.74, 6) is 1.22. The number of aromatic nitrogens is 1. The molecule has 0 fully saturated rings. The van der Waals surface area contributed by atoms with E-state index in [-0.39, 0.29) is 5.41 Å². The van der Waals surface area contributed by atoms with Crippen LogP contribution in [-0.4, -0.2) is 6.85 Å². The molecular formula is C23H26BN2+. The van der Waals surface area contributed by atoms with Gasteiger partial charge in [-0.05, 0) is 35.4 Å². The summed E-state index contributed by atoms with van der Waals surface area (Å²) in [7, 11) is 2.16. The number of anilines is 1. The Labute approximate surface area is 156 Å². The smallest absolute Gasteiger partial charge is 0.293 e. The average Bonchev–Trinajstić information content (AvgIpc) is 2.62. The van der Waals surface area contributed by atoms with E-state index in [1.807, 2.05) is 0 Å². The molecule has 2 nitrogen and oxygen atoms in total. The topological polar surface area (TPSA) is 7.12 Å². The minimum Gasteiger partial charge on any atom is -0.293 e. The van der Waals surface area contributed by atoms with Crippen molar-refractivity contribution in [2.45, 2.75) is 27.6 Å². The molecule has 1 aliphatic rings. The lowest BCUT2D eigenvalue weighted by Gasteiger charge is -2.33. The van der Waals surface area contributed by atoms with E-state index in [2.05, 4.69) is 111 Å². The molecule has 0 N–H and O–H groups in total. The highest BCUT2D eigenvalue weighted by Gasteiger charge is 2.38. The molecule has 0 amide bonds. The average molecular weight is 341 g/mol. The number of pyridine rings is 1. The van der Waals surface area contributed by atoms with Crippen LogP contribution in [0.4, 0.5) is 5.82 Å². The van der Waals surface area contributed by atoms with Crippen molar-refractivity contribution < 1.29 is 4.57 Å². The van der Waals surface area contributed by atoms with Crippen molar-refractivity contribution >= 4 is 34.6 Å². The fraction of sp³-hybridized carbons (Fsp3) is 0.261. The lowest BCUT2D eigenvalue weighted by molar-refractivity contribution is -0.631. The Kier molecular flexibility index (Phi) is 3.91. The molecule has 0 unspecified atom stereocenters. The number of fused-ring (bicyclic) bond motifs is 2. The van der Waals surface area contributed by atoms with Crippen molar-refractivity contribution in [3.8, 4) is 0 Å². The maximum atomic E-state index is 2.43.